The summed E-state index contributed by atoms with van der Waals surface area (Å²) in [4.78, 5) is 43.2. The first kappa shape index (κ1) is 28.7. The molecule has 4 rings (SSSR count). The molecule has 3 amide bonds. The number of amides is 3. The molecule has 1 aromatic rings. The second-order valence-electron chi connectivity index (χ2n) is 12.9. The van der Waals surface area contributed by atoms with Gasteiger partial charge in [-0.25, -0.2) is 0 Å². The van der Waals surface area contributed by atoms with E-state index in [1.807, 2.05) is 20.8 Å². The Hall–Kier alpha value is -2.26. The molecule has 0 aliphatic carbocycles. The summed E-state index contributed by atoms with van der Waals surface area (Å²) in [7, 11) is 0. The van der Waals surface area contributed by atoms with Crippen molar-refractivity contribution in [1.82, 2.24) is 10.2 Å². The van der Waals surface area contributed by atoms with E-state index < -0.39 is 34.2 Å². The molecule has 9 heteroatoms. The van der Waals surface area contributed by atoms with Gasteiger partial charge in [0.05, 0.1) is 35.8 Å². The number of benzene rings is 1. The van der Waals surface area contributed by atoms with Gasteiger partial charge in [0.1, 0.15) is 11.8 Å². The second kappa shape index (κ2) is 10.4. The Morgan fingerprint density at radius 3 is 2.42 bits per heavy atom. The quantitative estimate of drug-likeness (QED) is 0.435. The maximum Gasteiger partial charge on any atom is 0.244 e. The van der Waals surface area contributed by atoms with Gasteiger partial charge in [0.2, 0.25) is 17.7 Å². The summed E-state index contributed by atoms with van der Waals surface area (Å²) in [5.74, 6) is -1.02. The molecule has 8 nitrogen and oxygen atoms in total. The molecule has 38 heavy (non-hydrogen) atoms. The number of carbonyl (C=O) groups excluding carboxylic acids is 3. The minimum atomic E-state index is -0.736. The summed E-state index contributed by atoms with van der Waals surface area (Å²) in [6.07, 6.45) is 2.23. The lowest BCUT2D eigenvalue weighted by Crippen LogP contribution is -2.59. The van der Waals surface area contributed by atoms with Crippen LogP contribution in [0.5, 0.6) is 5.75 Å². The van der Waals surface area contributed by atoms with Gasteiger partial charge in [-0.1, -0.05) is 20.8 Å². The number of likely N-dealkylation sites (tertiary alicyclic amines) is 1. The van der Waals surface area contributed by atoms with Gasteiger partial charge in [0.15, 0.2) is 0 Å². The first-order valence-corrected chi connectivity index (χ1v) is 14.6. The number of aliphatic hydroxyl groups excluding tert-OH is 1. The highest BCUT2D eigenvalue weighted by Crippen LogP contribution is 2.66. The fourth-order valence-electron chi connectivity index (χ4n) is 7.05. The summed E-state index contributed by atoms with van der Waals surface area (Å²) in [5, 5.41) is 16.2. The summed E-state index contributed by atoms with van der Waals surface area (Å²) in [6.45, 7) is 14.4. The predicted octanol–water partition coefficient (Wildman–Crippen LogP) is 3.83. The highest BCUT2D eigenvalue weighted by atomic mass is 32.2. The normalized spacial score (nSPS) is 29.3. The number of nitrogens with zero attached hydrogens (tertiary/aromatic N) is 1. The van der Waals surface area contributed by atoms with Crippen molar-refractivity contribution >= 4 is 35.2 Å². The van der Waals surface area contributed by atoms with Crippen LogP contribution in [0.4, 0.5) is 5.69 Å². The van der Waals surface area contributed by atoms with Crippen LogP contribution < -0.4 is 15.4 Å². The molecule has 2 unspecified atom stereocenters. The van der Waals surface area contributed by atoms with Crippen molar-refractivity contribution in [2.75, 3.05) is 18.5 Å². The van der Waals surface area contributed by atoms with Gasteiger partial charge in [0, 0.05) is 16.5 Å². The lowest BCUT2D eigenvalue weighted by molar-refractivity contribution is -0.142. The van der Waals surface area contributed by atoms with Gasteiger partial charge in [-0.15, -0.1) is 11.8 Å². The van der Waals surface area contributed by atoms with Crippen molar-refractivity contribution in [3.8, 4) is 5.75 Å². The summed E-state index contributed by atoms with van der Waals surface area (Å²) < 4.78 is 4.80. The number of ether oxygens (including phenoxy) is 1. The first-order valence-electron chi connectivity index (χ1n) is 13.7. The first-order chi connectivity index (χ1) is 17.7. The van der Waals surface area contributed by atoms with E-state index in [0.29, 0.717) is 18.7 Å². The van der Waals surface area contributed by atoms with Crippen molar-refractivity contribution in [3.63, 3.8) is 0 Å². The molecular formula is C29H43N3O5S. The molecule has 2 bridgehead atoms. The zero-order chi connectivity index (χ0) is 28.0. The highest BCUT2D eigenvalue weighted by Gasteiger charge is 2.74. The van der Waals surface area contributed by atoms with E-state index in [-0.39, 0.29) is 35.0 Å². The maximum absolute atomic E-state index is 14.0. The van der Waals surface area contributed by atoms with E-state index in [1.165, 1.54) is 0 Å². The van der Waals surface area contributed by atoms with Crippen molar-refractivity contribution < 1.29 is 24.2 Å². The van der Waals surface area contributed by atoms with Crippen LogP contribution in [0.1, 0.15) is 67.7 Å². The van der Waals surface area contributed by atoms with Crippen LogP contribution >= 0.6 is 11.8 Å². The number of nitrogens with one attached hydrogen (secondary N) is 2. The molecule has 3 aliphatic heterocycles. The number of carbonyl (C=O) groups is 3. The van der Waals surface area contributed by atoms with Crippen molar-refractivity contribution in [1.29, 1.82) is 0 Å². The monoisotopic (exact) mass is 545 g/mol. The Balaban J connectivity index is 1.62. The third-order valence-corrected chi connectivity index (χ3v) is 9.85. The van der Waals surface area contributed by atoms with Crippen molar-refractivity contribution in [2.24, 2.45) is 17.3 Å². The Labute approximate surface area is 230 Å². The van der Waals surface area contributed by atoms with Crippen LogP contribution in [0.3, 0.4) is 0 Å². The van der Waals surface area contributed by atoms with E-state index in [2.05, 4.69) is 31.4 Å². The van der Waals surface area contributed by atoms with Crippen LogP contribution in [0.15, 0.2) is 24.3 Å². The molecular weight excluding hydrogens is 502 g/mol. The minimum absolute atomic E-state index is 0.00574. The van der Waals surface area contributed by atoms with Gasteiger partial charge in [-0.05, 0) is 76.6 Å². The van der Waals surface area contributed by atoms with Gasteiger partial charge in [-0.2, -0.15) is 0 Å². The number of hydrogen-bond acceptors (Lipinski definition) is 6. The van der Waals surface area contributed by atoms with E-state index >= 15 is 0 Å². The molecule has 210 valence electrons. The number of fused-ring (bicyclic) bond motifs is 1. The SMILES string of the molecule is CCOc1ccc(NC(=O)[C@@H]2[C@@H]3CCC4(S3)C(C(=O)NC(C)(C)CC(C)(C)C)N([C@H](C)CO)C(=O)[C@H]24)cc1. The van der Waals surface area contributed by atoms with Crippen molar-refractivity contribution in [2.45, 2.75) is 95.3 Å². The molecule has 0 saturated carbocycles. The Bertz CT molecular complexity index is 1070. The van der Waals surface area contributed by atoms with Crippen LogP contribution in [0, 0.1) is 17.3 Å². The van der Waals surface area contributed by atoms with E-state index in [9.17, 15) is 19.5 Å². The number of thioether (sulfide) groups is 1. The smallest absolute Gasteiger partial charge is 0.244 e. The van der Waals surface area contributed by atoms with Crippen LogP contribution in [0.2, 0.25) is 0 Å². The summed E-state index contributed by atoms with van der Waals surface area (Å²) in [6, 6.07) is 5.94. The molecule has 3 N–H and O–H groups in total. The van der Waals surface area contributed by atoms with Gasteiger partial charge < -0.3 is 25.4 Å². The fourth-order valence-corrected chi connectivity index (χ4v) is 9.26. The average molecular weight is 546 g/mol. The lowest BCUT2D eigenvalue weighted by Gasteiger charge is -2.40. The standard InChI is InChI=1S/C29H43N3O5S/c1-8-37-19-11-9-18(10-12-19)30-24(34)21-20-13-14-29(38-20)22(21)26(36)32(17(2)15-33)23(29)25(35)31-28(6,7)16-27(3,4)5/h9-12,17,20-23,33H,8,13-16H2,1-7H3,(H,30,34)(H,31,35)/t17-,20+,21-,22+,23?,29?/m1/s1. The summed E-state index contributed by atoms with van der Waals surface area (Å²) in [5.41, 5.74) is 0.170. The average Bonchev–Trinajstić information content (AvgIpc) is 3.45. The Morgan fingerprint density at radius 1 is 1.18 bits per heavy atom. The van der Waals surface area contributed by atoms with Crippen molar-refractivity contribution in [3.05, 3.63) is 24.3 Å². The number of aliphatic hydroxyl groups is 1. The molecule has 0 radical (unpaired) electrons. The predicted molar refractivity (Wildman–Crippen MR) is 150 cm³/mol. The zero-order valence-electron chi connectivity index (χ0n) is 23.7. The van der Waals surface area contributed by atoms with E-state index in [1.54, 1.807) is 47.9 Å². The number of hydrogen-bond donors (Lipinski definition) is 3. The van der Waals surface area contributed by atoms with E-state index in [4.69, 9.17) is 4.74 Å². The second-order valence-corrected chi connectivity index (χ2v) is 14.5. The highest BCUT2D eigenvalue weighted by molar-refractivity contribution is 8.02. The third-order valence-electron chi connectivity index (χ3n) is 7.89. The third kappa shape index (κ3) is 5.28. The van der Waals surface area contributed by atoms with Gasteiger partial charge in [-0.3, -0.25) is 14.4 Å². The van der Waals surface area contributed by atoms with Crippen LogP contribution in [-0.4, -0.2) is 68.6 Å². The molecule has 3 heterocycles. The molecule has 3 aliphatic rings. The number of rotatable bonds is 9. The Kier molecular flexibility index (Phi) is 7.85. The van der Waals surface area contributed by atoms with Gasteiger partial charge >= 0.3 is 0 Å². The maximum atomic E-state index is 14.0. The molecule has 1 spiro atoms. The molecule has 3 fully saturated rings. The zero-order valence-corrected chi connectivity index (χ0v) is 24.5. The van der Waals surface area contributed by atoms with Gasteiger partial charge in [0.25, 0.3) is 0 Å². The molecule has 0 aromatic heterocycles. The molecule has 3 saturated heterocycles. The van der Waals surface area contributed by atoms with Crippen LogP contribution in [-0.2, 0) is 14.4 Å². The Morgan fingerprint density at radius 2 is 1.84 bits per heavy atom. The largest absolute Gasteiger partial charge is 0.494 e. The fraction of sp³-hybridized carbons (Fsp3) is 0.690. The molecule has 6 atom stereocenters. The topological polar surface area (TPSA) is 108 Å². The summed E-state index contributed by atoms with van der Waals surface area (Å²) >= 11 is 1.63. The number of anilines is 1. The van der Waals surface area contributed by atoms with E-state index in [0.717, 1.165) is 18.6 Å². The van der Waals surface area contributed by atoms with Crippen LogP contribution in [0.25, 0.3) is 0 Å². The molecule has 1 aromatic carbocycles. The minimum Gasteiger partial charge on any atom is -0.494 e. The lowest BCUT2D eigenvalue weighted by atomic mass is 9.70.